The summed E-state index contributed by atoms with van der Waals surface area (Å²) in [6.07, 6.45) is 0. The smallest absolute Gasteiger partial charge is 0.229 e. The topological polar surface area (TPSA) is 9.23 Å². The van der Waals surface area contributed by atoms with Gasteiger partial charge in [-0.3, -0.25) is 0 Å². The summed E-state index contributed by atoms with van der Waals surface area (Å²) in [7, 11) is 2.18. The fourth-order valence-electron chi connectivity index (χ4n) is 0. The van der Waals surface area contributed by atoms with Gasteiger partial charge in [-0.15, -0.1) is 0 Å². The Morgan fingerprint density at radius 1 is 1.60 bits per heavy atom. The Bertz CT molecular complexity index is 21.6. The molecule has 0 aliphatic rings. The number of hydrogen-bond donors (Lipinski definition) is 0. The Hall–Kier alpha value is 0.394. The van der Waals surface area contributed by atoms with E-state index in [1.54, 1.807) is 0 Å². The molecule has 3 radical (unpaired) electrons. The monoisotopic (exact) mass is 103 g/mol. The van der Waals surface area contributed by atoms with Gasteiger partial charge in [-0.05, 0) is 13.1 Å². The van der Waals surface area contributed by atoms with Crippen molar-refractivity contribution in [1.29, 1.82) is 0 Å². The molecule has 0 fully saturated rings. The quantitative estimate of drug-likeness (QED) is 0.427. The van der Waals surface area contributed by atoms with Crippen molar-refractivity contribution in [1.82, 2.24) is 0 Å². The average Bonchev–Trinajstić information content (AvgIpc) is 1.38. The van der Waals surface area contributed by atoms with E-state index in [0.29, 0.717) is 0 Å². The molecule has 0 saturated heterocycles. The molecular weight excluding hydrogens is 96.2 g/mol. The average molecular weight is 103 g/mol. The summed E-state index contributed by atoms with van der Waals surface area (Å²) in [6.45, 7) is 4.18. The molecule has 0 aromatic heterocycles. The summed E-state index contributed by atoms with van der Waals surface area (Å²) in [4.78, 5) is 0. The Labute approximate surface area is 37.6 Å². The van der Waals surface area contributed by atoms with Crippen LogP contribution in [0.5, 0.6) is 0 Å². The van der Waals surface area contributed by atoms with E-state index >= 15 is 0 Å². The molecule has 0 unspecified atom stereocenters. The number of hydrogen-bond acceptors (Lipinski definition) is 1. The van der Waals surface area contributed by atoms with Crippen LogP contribution in [-0.2, 0) is 4.12 Å². The van der Waals surface area contributed by atoms with E-state index in [-0.39, 0.29) is 0 Å². The maximum absolute atomic E-state index is 4.69. The summed E-state index contributed by atoms with van der Waals surface area (Å²) in [5.41, 5.74) is 0. The molecule has 0 atom stereocenters. The first-order valence-electron chi connectivity index (χ1n) is 1.59. The molecule has 29 valence electrons. The van der Waals surface area contributed by atoms with E-state index in [9.17, 15) is 0 Å². The van der Waals surface area contributed by atoms with E-state index in [0.717, 1.165) is 0 Å². The molecule has 5 heavy (non-hydrogen) atoms. The van der Waals surface area contributed by atoms with Gasteiger partial charge in [-0.25, -0.2) is 0 Å². The predicted octanol–water partition coefficient (Wildman–Crippen LogP) is 0.0699. The third-order valence-electron chi connectivity index (χ3n) is 0.236. The molecule has 0 aliphatic carbocycles. The minimum absolute atomic E-state index is 0.736. The second-order valence-corrected chi connectivity index (χ2v) is 4.21. The van der Waals surface area contributed by atoms with Crippen molar-refractivity contribution in [3.63, 3.8) is 0 Å². The highest BCUT2D eigenvalue weighted by Crippen LogP contribution is 1.72. The van der Waals surface area contributed by atoms with Crippen LogP contribution >= 0.6 is 0 Å². The van der Waals surface area contributed by atoms with Crippen LogP contribution < -0.4 is 0 Å². The third kappa shape index (κ3) is 4.39. The van der Waals surface area contributed by atoms with Gasteiger partial charge in [0.05, 0.1) is 0 Å². The summed E-state index contributed by atoms with van der Waals surface area (Å²) < 4.78 is 4.69. The first-order valence-corrected chi connectivity index (χ1v) is 4.78. The van der Waals surface area contributed by atoms with Gasteiger partial charge in [0.25, 0.3) is 0 Å². The van der Waals surface area contributed by atoms with Crippen molar-refractivity contribution >= 4 is 19.5 Å². The Morgan fingerprint density at radius 2 is 1.80 bits per heavy atom. The van der Waals surface area contributed by atoms with Crippen molar-refractivity contribution in [2.75, 3.05) is 0 Å². The third-order valence-corrected chi connectivity index (χ3v) is 2.12. The Morgan fingerprint density at radius 3 is 1.80 bits per heavy atom. The molecule has 0 saturated carbocycles. The van der Waals surface area contributed by atoms with Crippen LogP contribution in [-0.4, -0.2) is 19.5 Å². The molecule has 1 nitrogen and oxygen atoms in total. The van der Waals surface area contributed by atoms with E-state index in [2.05, 4.69) is 23.6 Å². The normalized spacial score (nSPS) is 9.60. The van der Waals surface area contributed by atoms with Crippen LogP contribution in [0.1, 0.15) is 0 Å². The van der Waals surface area contributed by atoms with Crippen molar-refractivity contribution in [3.8, 4) is 0 Å². The first-order chi connectivity index (χ1) is 2.27. The van der Waals surface area contributed by atoms with E-state index < -0.39 is 9.04 Å². The zero-order valence-corrected chi connectivity index (χ0v) is 5.64. The van der Waals surface area contributed by atoms with Crippen LogP contribution in [0, 0.1) is 0 Å². The predicted molar refractivity (Wildman–Crippen MR) is 25.7 cm³/mol. The van der Waals surface area contributed by atoms with Crippen molar-refractivity contribution < 1.29 is 4.12 Å². The second kappa shape index (κ2) is 2.62. The lowest BCUT2D eigenvalue weighted by molar-refractivity contribution is 0.647. The summed E-state index contributed by atoms with van der Waals surface area (Å²) in [6, 6.07) is 0. The van der Waals surface area contributed by atoms with Gasteiger partial charge in [0.15, 0.2) is 9.04 Å². The summed E-state index contributed by atoms with van der Waals surface area (Å²) in [5, 5.41) is 0. The first kappa shape index (κ1) is 5.39. The number of rotatable bonds is 1. The molecule has 0 bridgehead atoms. The van der Waals surface area contributed by atoms with Crippen molar-refractivity contribution in [2.45, 2.75) is 13.1 Å². The summed E-state index contributed by atoms with van der Waals surface area (Å²) >= 11 is 0. The van der Waals surface area contributed by atoms with Crippen LogP contribution in [0.25, 0.3) is 0 Å². The molecule has 0 rings (SSSR count). The zero-order valence-electron chi connectivity index (χ0n) is 3.49. The van der Waals surface area contributed by atoms with Crippen LogP contribution in [0.4, 0.5) is 0 Å². The second-order valence-electron chi connectivity index (χ2n) is 1.17. The lowest BCUT2D eigenvalue weighted by atomic mass is 11.9. The lowest BCUT2D eigenvalue weighted by Gasteiger charge is -1.92. The minimum Gasteiger partial charge on any atom is -0.460 e. The molecule has 0 amide bonds. The fraction of sp³-hybridized carbons (Fsp3) is 1.00. The van der Waals surface area contributed by atoms with Crippen LogP contribution in [0.2, 0.25) is 13.1 Å². The largest absolute Gasteiger partial charge is 0.460 e. The molecule has 0 spiro atoms. The molecule has 0 aliphatic heterocycles. The van der Waals surface area contributed by atoms with Crippen molar-refractivity contribution in [2.24, 2.45) is 0 Å². The minimum atomic E-state index is -0.736. The highest BCUT2D eigenvalue weighted by molar-refractivity contribution is 6.52. The fourth-order valence-corrected chi connectivity index (χ4v) is 0. The summed E-state index contributed by atoms with van der Waals surface area (Å²) in [5.74, 6) is 0. The van der Waals surface area contributed by atoms with E-state index in [1.807, 2.05) is 0 Å². The Kier molecular flexibility index (Phi) is 2.83. The van der Waals surface area contributed by atoms with Gasteiger partial charge >= 0.3 is 0 Å². The molecule has 3 heteroatoms. The van der Waals surface area contributed by atoms with Crippen LogP contribution in [0.3, 0.4) is 0 Å². The van der Waals surface area contributed by atoms with Crippen molar-refractivity contribution in [3.05, 3.63) is 0 Å². The van der Waals surface area contributed by atoms with Gasteiger partial charge < -0.3 is 4.12 Å². The molecule has 0 aromatic rings. The highest BCUT2D eigenvalue weighted by Gasteiger charge is 1.83. The van der Waals surface area contributed by atoms with Gasteiger partial charge in [-0.1, -0.05) is 0 Å². The van der Waals surface area contributed by atoms with Crippen LogP contribution in [0.15, 0.2) is 0 Å². The van der Waals surface area contributed by atoms with Gasteiger partial charge in [0, 0.05) is 0 Å². The van der Waals surface area contributed by atoms with E-state index in [4.69, 9.17) is 4.12 Å². The standard InChI is InChI=1S/C2H7OSi2/c1-5(2)3-4/h5H,1-2H3. The molecule has 0 heterocycles. The van der Waals surface area contributed by atoms with Gasteiger partial charge in [0.2, 0.25) is 10.5 Å². The lowest BCUT2D eigenvalue weighted by Crippen LogP contribution is -2.02. The molecule has 0 aromatic carbocycles. The maximum atomic E-state index is 4.69. The van der Waals surface area contributed by atoms with E-state index in [1.165, 1.54) is 0 Å². The SMILES string of the molecule is C[SiH](C)O[Si]. The zero-order chi connectivity index (χ0) is 4.28. The molecule has 0 N–H and O–H groups in total. The van der Waals surface area contributed by atoms with Gasteiger partial charge in [-0.2, -0.15) is 0 Å². The Balaban J connectivity index is 2.54. The molecular formula is C2H7OSi2. The highest BCUT2D eigenvalue weighted by atomic mass is 28.3. The van der Waals surface area contributed by atoms with Gasteiger partial charge in [0.1, 0.15) is 0 Å². The maximum Gasteiger partial charge on any atom is 0.229 e.